The van der Waals surface area contributed by atoms with Gasteiger partial charge in [-0.15, -0.1) is 0 Å². The zero-order valence-corrected chi connectivity index (χ0v) is 39.6. The summed E-state index contributed by atoms with van der Waals surface area (Å²) in [6.45, 7) is 20.5. The topological polar surface area (TPSA) is 183 Å². The van der Waals surface area contributed by atoms with E-state index in [9.17, 15) is 24.6 Å². The van der Waals surface area contributed by atoms with Crippen molar-refractivity contribution in [3.8, 4) is 11.5 Å². The van der Waals surface area contributed by atoms with E-state index in [0.29, 0.717) is 11.5 Å². The van der Waals surface area contributed by atoms with Crippen molar-refractivity contribution in [1.29, 1.82) is 0 Å². The fraction of sp³-hybridized carbons (Fsp3) is 0.605. The molecule has 2 heterocycles. The number of nitrogens with zero attached hydrogens (tertiary/aromatic N) is 2. The van der Waals surface area contributed by atoms with E-state index < -0.39 is 89.2 Å². The number of nitrogens with one attached hydrogen (secondary N) is 2. The van der Waals surface area contributed by atoms with Crippen LogP contribution in [0.4, 0.5) is 0 Å². The molecular weight excluding hydrogens is 805 g/mol. The number of likely N-dealkylation sites (N-methyl/N-ethyl adjacent to an activating group) is 2. The highest BCUT2D eigenvalue weighted by Crippen LogP contribution is 2.46. The second-order valence-corrected chi connectivity index (χ2v) is 28.0. The standard InChI is InChI=1S/C43H68N4O11Si2/c1-42(2,3)59(10,11)57-37-36(56-40(47-24-23-33(49)45-41(47)52)38(37)58-60(12,13)43(4,5)6)35(50)34(44-7)39(51)46(8)31(27-54-30-21-19-29(53-9)20-22-30)32(25-48)55-26-28-17-15-14-16-18-28/h14-24,31-32,34-38,40,44,48,50H,25-27H2,1-13H3,(H,45,49,52)/t31-,32+,34-,35+,36-,37-,38-,40-/m1/s1. The molecule has 8 atom stereocenters. The third-order valence-corrected chi connectivity index (χ3v) is 21.3. The number of carbonyl (C=O) groups excluding carboxylic acids is 1. The van der Waals surface area contributed by atoms with Crippen LogP contribution in [-0.4, -0.2) is 124 Å². The van der Waals surface area contributed by atoms with Gasteiger partial charge in [0.25, 0.3) is 5.56 Å². The van der Waals surface area contributed by atoms with Crippen LogP contribution in [0.3, 0.4) is 0 Å². The van der Waals surface area contributed by atoms with E-state index in [-0.39, 0.29) is 23.3 Å². The van der Waals surface area contributed by atoms with E-state index >= 15 is 0 Å². The largest absolute Gasteiger partial charge is 0.497 e. The number of aromatic nitrogens is 2. The minimum Gasteiger partial charge on any atom is -0.497 e. The van der Waals surface area contributed by atoms with Gasteiger partial charge in [0.05, 0.1) is 26.4 Å². The number of hydrogen-bond donors (Lipinski definition) is 4. The molecule has 334 valence electrons. The lowest BCUT2D eigenvalue weighted by atomic mass is 9.98. The van der Waals surface area contributed by atoms with Crippen molar-refractivity contribution in [1.82, 2.24) is 19.8 Å². The summed E-state index contributed by atoms with van der Waals surface area (Å²) >= 11 is 0. The average Bonchev–Trinajstić information content (AvgIpc) is 3.51. The molecule has 1 fully saturated rings. The summed E-state index contributed by atoms with van der Waals surface area (Å²) in [6, 6.07) is 15.5. The fourth-order valence-corrected chi connectivity index (χ4v) is 9.07. The number of benzene rings is 2. The normalized spacial score (nSPS) is 20.9. The minimum absolute atomic E-state index is 0.0716. The minimum atomic E-state index is -2.68. The first kappa shape index (κ1) is 49.0. The van der Waals surface area contributed by atoms with Gasteiger partial charge in [0, 0.05) is 19.3 Å². The number of aliphatic hydroxyl groups is 2. The van der Waals surface area contributed by atoms with Crippen LogP contribution in [0.15, 0.2) is 76.4 Å². The van der Waals surface area contributed by atoms with Gasteiger partial charge in [0.2, 0.25) is 5.91 Å². The third kappa shape index (κ3) is 11.6. The molecule has 4 rings (SSSR count). The van der Waals surface area contributed by atoms with Crippen LogP contribution < -0.4 is 26.0 Å². The molecule has 1 aliphatic rings. The van der Waals surface area contributed by atoms with Crippen LogP contribution in [0.5, 0.6) is 11.5 Å². The molecule has 1 saturated heterocycles. The van der Waals surface area contributed by atoms with E-state index in [1.807, 2.05) is 30.3 Å². The van der Waals surface area contributed by atoms with Crippen LogP contribution in [0.25, 0.3) is 0 Å². The molecule has 4 N–H and O–H groups in total. The SMILES string of the molecule is CN[C@@H](C(=O)N(C)[C@H](COc1ccc(OC)cc1)[C@H](CO)OCc1ccccc1)[C@H](O)[C@H]1O[C@@H](n2ccc(=O)[nH]c2=O)[C@H](O[Si](C)(C)C(C)(C)C)[C@@H]1O[Si](C)(C)C(C)(C)C. The Morgan fingerprint density at radius 2 is 1.48 bits per heavy atom. The molecule has 0 aliphatic carbocycles. The zero-order chi connectivity index (χ0) is 44.8. The molecule has 0 unspecified atom stereocenters. The first-order valence-electron chi connectivity index (χ1n) is 20.4. The van der Waals surface area contributed by atoms with Gasteiger partial charge in [0.15, 0.2) is 22.9 Å². The molecule has 1 aromatic heterocycles. The van der Waals surface area contributed by atoms with E-state index in [1.54, 1.807) is 45.5 Å². The van der Waals surface area contributed by atoms with Crippen molar-refractivity contribution in [2.24, 2.45) is 0 Å². The molecule has 2 aromatic carbocycles. The Morgan fingerprint density at radius 3 is 2.00 bits per heavy atom. The highest BCUT2D eigenvalue weighted by atomic mass is 28.4. The Morgan fingerprint density at radius 1 is 0.917 bits per heavy atom. The molecular formula is C43H68N4O11Si2. The Hall–Kier alpha value is -3.66. The number of aromatic amines is 1. The highest BCUT2D eigenvalue weighted by molar-refractivity contribution is 6.74. The fourth-order valence-electron chi connectivity index (χ4n) is 6.48. The van der Waals surface area contributed by atoms with Crippen LogP contribution in [-0.2, 0) is 29.7 Å². The summed E-state index contributed by atoms with van der Waals surface area (Å²) in [4.78, 5) is 44.2. The maximum absolute atomic E-state index is 14.8. The lowest BCUT2D eigenvalue weighted by molar-refractivity contribution is -0.149. The smallest absolute Gasteiger partial charge is 0.330 e. The van der Waals surface area contributed by atoms with Gasteiger partial charge < -0.3 is 48.2 Å². The molecule has 1 amide bonds. The second-order valence-electron chi connectivity index (χ2n) is 18.5. The number of ether oxygens (including phenoxy) is 4. The van der Waals surface area contributed by atoms with E-state index in [0.717, 1.165) is 5.56 Å². The number of rotatable bonds is 19. The summed E-state index contributed by atoms with van der Waals surface area (Å²) in [7, 11) is -0.624. The first-order valence-corrected chi connectivity index (χ1v) is 26.3. The molecule has 0 bridgehead atoms. The summed E-state index contributed by atoms with van der Waals surface area (Å²) in [5.41, 5.74) is -0.422. The van der Waals surface area contributed by atoms with Crippen LogP contribution in [0.1, 0.15) is 53.3 Å². The van der Waals surface area contributed by atoms with Gasteiger partial charge in [-0.25, -0.2) is 4.79 Å². The maximum Gasteiger partial charge on any atom is 0.330 e. The van der Waals surface area contributed by atoms with Crippen LogP contribution in [0.2, 0.25) is 36.3 Å². The zero-order valence-electron chi connectivity index (χ0n) is 37.6. The number of carbonyl (C=O) groups is 1. The maximum atomic E-state index is 14.8. The monoisotopic (exact) mass is 872 g/mol. The Balaban J connectivity index is 1.77. The Bertz CT molecular complexity index is 1950. The summed E-state index contributed by atoms with van der Waals surface area (Å²) in [6.07, 6.45) is -5.34. The van der Waals surface area contributed by atoms with Crippen molar-refractivity contribution in [3.05, 3.63) is 93.3 Å². The predicted molar refractivity (Wildman–Crippen MR) is 235 cm³/mol. The molecule has 15 nitrogen and oxygen atoms in total. The highest BCUT2D eigenvalue weighted by Gasteiger charge is 2.57. The quantitative estimate of drug-likeness (QED) is 0.123. The van der Waals surface area contributed by atoms with Gasteiger partial charge in [-0.3, -0.25) is 19.1 Å². The second kappa shape index (κ2) is 20.0. The van der Waals surface area contributed by atoms with Crippen molar-refractivity contribution >= 4 is 22.5 Å². The Kier molecular flexibility index (Phi) is 16.4. The van der Waals surface area contributed by atoms with Crippen LogP contribution >= 0.6 is 0 Å². The van der Waals surface area contributed by atoms with E-state index in [2.05, 4.69) is 78.0 Å². The molecule has 3 aromatic rings. The summed E-state index contributed by atoms with van der Waals surface area (Å²) in [5, 5.41) is 25.7. The predicted octanol–water partition coefficient (Wildman–Crippen LogP) is 4.66. The number of hydrogen-bond acceptors (Lipinski definition) is 12. The van der Waals surface area contributed by atoms with E-state index in [1.165, 1.54) is 21.7 Å². The number of amides is 1. The lowest BCUT2D eigenvalue weighted by Gasteiger charge is -2.44. The average molecular weight is 873 g/mol. The van der Waals surface area contributed by atoms with Gasteiger partial charge >= 0.3 is 5.69 Å². The molecule has 17 heteroatoms. The number of methoxy groups -OCH3 is 1. The number of aliphatic hydroxyl groups excluding tert-OH is 2. The lowest BCUT2D eigenvalue weighted by Crippen LogP contribution is -2.62. The molecule has 1 aliphatic heterocycles. The number of H-pyrrole nitrogens is 1. The van der Waals surface area contributed by atoms with Crippen molar-refractivity contribution < 1.29 is 42.8 Å². The van der Waals surface area contributed by atoms with Gasteiger partial charge in [-0.1, -0.05) is 71.9 Å². The third-order valence-electron chi connectivity index (χ3n) is 12.3. The van der Waals surface area contributed by atoms with Gasteiger partial charge in [0.1, 0.15) is 54.7 Å². The summed E-state index contributed by atoms with van der Waals surface area (Å²) in [5.74, 6) is 0.607. The van der Waals surface area contributed by atoms with Crippen molar-refractivity contribution in [2.45, 2.75) is 133 Å². The molecule has 60 heavy (non-hydrogen) atoms. The van der Waals surface area contributed by atoms with E-state index in [4.69, 9.17) is 27.8 Å². The molecule has 0 saturated carbocycles. The molecule has 0 spiro atoms. The molecule has 0 radical (unpaired) electrons. The van der Waals surface area contributed by atoms with Crippen LogP contribution in [0, 0.1) is 0 Å². The Labute approximate surface area is 356 Å². The summed E-state index contributed by atoms with van der Waals surface area (Å²) < 4.78 is 39.9. The van der Waals surface area contributed by atoms with Crippen molar-refractivity contribution in [3.63, 3.8) is 0 Å². The van der Waals surface area contributed by atoms with Gasteiger partial charge in [-0.2, -0.15) is 0 Å². The van der Waals surface area contributed by atoms with Gasteiger partial charge in [-0.05, 0) is 73.1 Å². The first-order chi connectivity index (χ1) is 28.0. The van der Waals surface area contributed by atoms with Crippen molar-refractivity contribution in [2.75, 3.05) is 34.4 Å².